The fraction of sp³-hybridized carbons (Fsp3) is 0.409. The number of amides is 1. The summed E-state index contributed by atoms with van der Waals surface area (Å²) in [7, 11) is 2.85. The van der Waals surface area contributed by atoms with Gasteiger partial charge in [-0.1, -0.05) is 6.07 Å². The van der Waals surface area contributed by atoms with Crippen LogP contribution >= 0.6 is 24.0 Å². The summed E-state index contributed by atoms with van der Waals surface area (Å²) in [4.78, 5) is 33.1. The van der Waals surface area contributed by atoms with Gasteiger partial charge in [-0.25, -0.2) is 9.79 Å². The maximum absolute atomic E-state index is 12.5. The SMILES string of the molecule is CCNC(=NCc1ccc(OC)c(C(=O)OC)c1)N1CCN(C(=O)c2ccco2)CC1.I. The number of hydrogen-bond donors (Lipinski definition) is 1. The summed E-state index contributed by atoms with van der Waals surface area (Å²) in [5.74, 6) is 1.04. The molecule has 1 aliphatic rings. The number of ether oxygens (including phenoxy) is 2. The Morgan fingerprint density at radius 2 is 1.84 bits per heavy atom. The van der Waals surface area contributed by atoms with Crippen molar-refractivity contribution in [1.29, 1.82) is 0 Å². The third kappa shape index (κ3) is 6.15. The quantitative estimate of drug-likeness (QED) is 0.253. The number of furan rings is 1. The second-order valence-corrected chi connectivity index (χ2v) is 6.95. The summed E-state index contributed by atoms with van der Waals surface area (Å²) in [6.07, 6.45) is 1.50. The minimum atomic E-state index is -0.452. The van der Waals surface area contributed by atoms with Gasteiger partial charge in [0, 0.05) is 32.7 Å². The minimum Gasteiger partial charge on any atom is -0.496 e. The van der Waals surface area contributed by atoms with E-state index >= 15 is 0 Å². The molecule has 1 aromatic heterocycles. The van der Waals surface area contributed by atoms with Crippen molar-refractivity contribution in [3.63, 3.8) is 0 Å². The molecule has 9 nitrogen and oxygen atoms in total. The molecule has 0 spiro atoms. The molecule has 32 heavy (non-hydrogen) atoms. The van der Waals surface area contributed by atoms with Crippen molar-refractivity contribution in [3.8, 4) is 5.75 Å². The molecule has 1 N–H and O–H groups in total. The minimum absolute atomic E-state index is 0. The lowest BCUT2D eigenvalue weighted by atomic mass is 10.1. The highest BCUT2D eigenvalue weighted by Gasteiger charge is 2.25. The number of hydrogen-bond acceptors (Lipinski definition) is 6. The van der Waals surface area contributed by atoms with Gasteiger partial charge in [-0.05, 0) is 36.8 Å². The molecule has 1 fully saturated rings. The van der Waals surface area contributed by atoms with E-state index in [2.05, 4.69) is 10.2 Å². The van der Waals surface area contributed by atoms with Crippen molar-refractivity contribution in [2.45, 2.75) is 13.5 Å². The average molecular weight is 556 g/mol. The molecule has 0 aliphatic carbocycles. The molecule has 3 rings (SSSR count). The Kier molecular flexibility index (Phi) is 9.82. The molecule has 10 heteroatoms. The van der Waals surface area contributed by atoms with E-state index < -0.39 is 5.97 Å². The summed E-state index contributed by atoms with van der Waals surface area (Å²) < 4.78 is 15.3. The zero-order chi connectivity index (χ0) is 22.2. The normalized spacial score (nSPS) is 13.9. The Morgan fingerprint density at radius 3 is 2.44 bits per heavy atom. The molecular formula is C22H29IN4O5. The molecule has 0 unspecified atom stereocenters. The van der Waals surface area contributed by atoms with E-state index in [0.717, 1.165) is 18.1 Å². The van der Waals surface area contributed by atoms with E-state index in [9.17, 15) is 9.59 Å². The molecule has 0 radical (unpaired) electrons. The number of nitrogens with one attached hydrogen (secondary N) is 1. The van der Waals surface area contributed by atoms with Gasteiger partial charge in [0.25, 0.3) is 5.91 Å². The highest BCUT2D eigenvalue weighted by atomic mass is 127. The number of aliphatic imine (C=N–C) groups is 1. The molecule has 1 amide bonds. The molecule has 0 saturated carbocycles. The van der Waals surface area contributed by atoms with Crippen molar-refractivity contribution in [3.05, 3.63) is 53.5 Å². The first kappa shape index (κ1) is 25.5. The van der Waals surface area contributed by atoms with Crippen LogP contribution in [-0.4, -0.2) is 74.6 Å². The largest absolute Gasteiger partial charge is 0.496 e. The second kappa shape index (κ2) is 12.3. The highest BCUT2D eigenvalue weighted by Crippen LogP contribution is 2.21. The first-order valence-corrected chi connectivity index (χ1v) is 10.2. The predicted octanol–water partition coefficient (Wildman–Crippen LogP) is 2.62. The van der Waals surface area contributed by atoms with E-state index in [-0.39, 0.29) is 29.9 Å². The first-order chi connectivity index (χ1) is 15.1. The van der Waals surface area contributed by atoms with Crippen LogP contribution in [0.3, 0.4) is 0 Å². The Morgan fingerprint density at radius 1 is 1.12 bits per heavy atom. The van der Waals surface area contributed by atoms with Crippen molar-refractivity contribution >= 4 is 41.8 Å². The standard InChI is InChI=1S/C22H28N4O5.HI/c1-4-23-22(24-15-16-7-8-18(29-2)17(14-16)21(28)30-3)26-11-9-25(10-12-26)20(27)19-6-5-13-31-19;/h5-8,13-14H,4,9-12,15H2,1-3H3,(H,23,24);1H. The van der Waals surface area contributed by atoms with Gasteiger partial charge in [-0.15, -0.1) is 24.0 Å². The fourth-order valence-electron chi connectivity index (χ4n) is 3.39. The summed E-state index contributed by atoms with van der Waals surface area (Å²) in [5.41, 5.74) is 1.23. The van der Waals surface area contributed by atoms with Crippen LogP contribution in [0, 0.1) is 0 Å². The molecule has 0 atom stereocenters. The van der Waals surface area contributed by atoms with Gasteiger partial charge in [-0.3, -0.25) is 4.79 Å². The van der Waals surface area contributed by atoms with E-state index in [4.69, 9.17) is 18.9 Å². The predicted molar refractivity (Wildman–Crippen MR) is 131 cm³/mol. The van der Waals surface area contributed by atoms with Crippen molar-refractivity contribution in [1.82, 2.24) is 15.1 Å². The fourth-order valence-corrected chi connectivity index (χ4v) is 3.39. The Labute approximate surface area is 204 Å². The van der Waals surface area contributed by atoms with Crippen LogP contribution in [0.5, 0.6) is 5.75 Å². The van der Waals surface area contributed by atoms with Gasteiger partial charge in [0.05, 0.1) is 27.0 Å². The average Bonchev–Trinajstić information content (AvgIpc) is 3.35. The molecule has 0 bridgehead atoms. The number of esters is 1. The van der Waals surface area contributed by atoms with Crippen molar-refractivity contribution in [2.24, 2.45) is 4.99 Å². The molecule has 2 heterocycles. The monoisotopic (exact) mass is 556 g/mol. The van der Waals surface area contributed by atoms with Crippen LogP contribution in [0.4, 0.5) is 0 Å². The zero-order valence-corrected chi connectivity index (χ0v) is 20.8. The number of guanidine groups is 1. The topological polar surface area (TPSA) is 96.6 Å². The number of benzene rings is 1. The molecule has 1 aliphatic heterocycles. The van der Waals surface area contributed by atoms with E-state index in [0.29, 0.717) is 49.8 Å². The van der Waals surface area contributed by atoms with E-state index in [1.807, 2.05) is 13.0 Å². The lowest BCUT2D eigenvalue weighted by Crippen LogP contribution is -2.53. The maximum atomic E-state index is 12.5. The van der Waals surface area contributed by atoms with Crippen LogP contribution in [0.2, 0.25) is 0 Å². The Bertz CT molecular complexity index is 924. The molecular weight excluding hydrogens is 527 g/mol. The number of rotatable bonds is 6. The van der Waals surface area contributed by atoms with Crippen LogP contribution in [-0.2, 0) is 11.3 Å². The van der Waals surface area contributed by atoms with Gasteiger partial charge >= 0.3 is 5.97 Å². The number of piperazine rings is 1. The van der Waals surface area contributed by atoms with Crippen molar-refractivity contribution in [2.75, 3.05) is 46.9 Å². The summed E-state index contributed by atoms with van der Waals surface area (Å²) >= 11 is 0. The number of carbonyl (C=O) groups excluding carboxylic acids is 2. The third-order valence-electron chi connectivity index (χ3n) is 5.01. The third-order valence-corrected chi connectivity index (χ3v) is 5.01. The van der Waals surface area contributed by atoms with Crippen molar-refractivity contribution < 1.29 is 23.5 Å². The maximum Gasteiger partial charge on any atom is 0.341 e. The number of nitrogens with zero attached hydrogens (tertiary/aromatic N) is 3. The van der Waals surface area contributed by atoms with Crippen LogP contribution in [0.25, 0.3) is 0 Å². The summed E-state index contributed by atoms with van der Waals surface area (Å²) in [6.45, 7) is 5.61. The first-order valence-electron chi connectivity index (χ1n) is 10.2. The van der Waals surface area contributed by atoms with Gasteiger partial charge in [0.2, 0.25) is 0 Å². The smallest absolute Gasteiger partial charge is 0.341 e. The summed E-state index contributed by atoms with van der Waals surface area (Å²) in [5, 5.41) is 3.30. The van der Waals surface area contributed by atoms with Crippen LogP contribution in [0.15, 0.2) is 46.0 Å². The van der Waals surface area contributed by atoms with Crippen LogP contribution < -0.4 is 10.1 Å². The molecule has 1 aromatic carbocycles. The number of methoxy groups -OCH3 is 2. The number of halogens is 1. The summed E-state index contributed by atoms with van der Waals surface area (Å²) in [6, 6.07) is 8.74. The van der Waals surface area contributed by atoms with E-state index in [1.165, 1.54) is 20.5 Å². The number of carbonyl (C=O) groups is 2. The van der Waals surface area contributed by atoms with Gasteiger partial charge in [-0.2, -0.15) is 0 Å². The second-order valence-electron chi connectivity index (χ2n) is 6.95. The van der Waals surface area contributed by atoms with Gasteiger partial charge < -0.3 is 29.0 Å². The van der Waals surface area contributed by atoms with Gasteiger partial charge in [0.15, 0.2) is 11.7 Å². The molecule has 1 saturated heterocycles. The lowest BCUT2D eigenvalue weighted by Gasteiger charge is -2.36. The Balaban J connectivity index is 0.00000363. The molecule has 2 aromatic rings. The van der Waals surface area contributed by atoms with Crippen LogP contribution in [0.1, 0.15) is 33.4 Å². The van der Waals surface area contributed by atoms with E-state index in [1.54, 1.807) is 29.2 Å². The molecule has 174 valence electrons. The Hall–Kier alpha value is -2.76. The van der Waals surface area contributed by atoms with Gasteiger partial charge in [0.1, 0.15) is 11.3 Å². The lowest BCUT2D eigenvalue weighted by molar-refractivity contribution is 0.0596. The highest BCUT2D eigenvalue weighted by molar-refractivity contribution is 14.0. The zero-order valence-electron chi connectivity index (χ0n) is 18.5.